The van der Waals surface area contributed by atoms with Crippen LogP contribution in [-0.2, 0) is 10.0 Å². The molecule has 0 bridgehead atoms. The van der Waals surface area contributed by atoms with Gasteiger partial charge in [0.2, 0.25) is 0 Å². The van der Waals surface area contributed by atoms with Crippen molar-refractivity contribution in [1.29, 1.82) is 0 Å². The second-order valence-electron chi connectivity index (χ2n) is 4.50. The molecule has 11 heteroatoms. The molecule has 2 heterocycles. The van der Waals surface area contributed by atoms with Crippen molar-refractivity contribution in [3.8, 4) is 11.6 Å². The average molecular weight is 350 g/mol. The number of nitrogens with one attached hydrogen (secondary N) is 1. The third-order valence-corrected chi connectivity index (χ3v) is 4.33. The van der Waals surface area contributed by atoms with Crippen molar-refractivity contribution in [2.45, 2.75) is 4.90 Å². The van der Waals surface area contributed by atoms with Crippen molar-refractivity contribution in [2.75, 3.05) is 11.8 Å². The summed E-state index contributed by atoms with van der Waals surface area (Å²) in [5.41, 5.74) is 0. The monoisotopic (exact) mass is 350 g/mol. The van der Waals surface area contributed by atoms with Gasteiger partial charge >= 0.3 is 0 Å². The van der Waals surface area contributed by atoms with Gasteiger partial charge in [0.15, 0.2) is 17.4 Å². The molecule has 0 radical (unpaired) electrons. The lowest BCUT2D eigenvalue weighted by Crippen LogP contribution is -2.15. The number of halogens is 1. The first kappa shape index (κ1) is 15.8. The molecular weight excluding hydrogens is 339 g/mol. The van der Waals surface area contributed by atoms with Gasteiger partial charge in [-0.15, -0.1) is 0 Å². The van der Waals surface area contributed by atoms with Crippen LogP contribution in [0.15, 0.2) is 48.1 Å². The maximum Gasteiger partial charge on any atom is 0.263 e. The summed E-state index contributed by atoms with van der Waals surface area (Å²) < 4.78 is 46.7. The Morgan fingerprint density at radius 3 is 2.71 bits per heavy atom. The molecule has 24 heavy (non-hydrogen) atoms. The number of aromatic nitrogens is 5. The lowest BCUT2D eigenvalue weighted by atomic mass is 10.3. The number of sulfonamides is 1. The van der Waals surface area contributed by atoms with E-state index in [2.05, 4.69) is 24.8 Å². The number of ether oxygens (including phenoxy) is 1. The molecule has 1 N–H and O–H groups in total. The summed E-state index contributed by atoms with van der Waals surface area (Å²) in [6.45, 7) is 0. The first-order valence-corrected chi connectivity index (χ1v) is 8.01. The van der Waals surface area contributed by atoms with Crippen molar-refractivity contribution in [2.24, 2.45) is 0 Å². The molecule has 3 rings (SSSR count). The van der Waals surface area contributed by atoms with Gasteiger partial charge in [0, 0.05) is 6.07 Å². The summed E-state index contributed by atoms with van der Waals surface area (Å²) >= 11 is 0. The fraction of sp³-hybridized carbons (Fsp3) is 0.0769. The Kier molecular flexibility index (Phi) is 4.08. The highest BCUT2D eigenvalue weighted by molar-refractivity contribution is 7.92. The van der Waals surface area contributed by atoms with Gasteiger partial charge in [0.25, 0.3) is 10.0 Å². The van der Waals surface area contributed by atoms with Crippen molar-refractivity contribution >= 4 is 15.8 Å². The molecule has 0 aliphatic heterocycles. The second-order valence-corrected chi connectivity index (χ2v) is 6.19. The number of rotatable bonds is 5. The lowest BCUT2D eigenvalue weighted by molar-refractivity contribution is 0.385. The van der Waals surface area contributed by atoms with Gasteiger partial charge in [-0.25, -0.2) is 32.4 Å². The van der Waals surface area contributed by atoms with Gasteiger partial charge in [-0.3, -0.25) is 4.72 Å². The highest BCUT2D eigenvalue weighted by Gasteiger charge is 2.18. The van der Waals surface area contributed by atoms with E-state index >= 15 is 0 Å². The average Bonchev–Trinajstić information content (AvgIpc) is 3.09. The molecule has 1 aromatic carbocycles. The molecule has 0 amide bonds. The highest BCUT2D eigenvalue weighted by Crippen LogP contribution is 2.22. The Morgan fingerprint density at radius 1 is 1.21 bits per heavy atom. The SMILES string of the molecule is COc1ccc(S(=O)(=O)Nc2cc(-n3cncn3)ncn2)cc1F. The molecule has 0 unspecified atom stereocenters. The summed E-state index contributed by atoms with van der Waals surface area (Å²) in [5.74, 6) is -0.511. The number of methoxy groups -OCH3 is 1. The predicted molar refractivity (Wildman–Crippen MR) is 80.7 cm³/mol. The maximum atomic E-state index is 13.7. The van der Waals surface area contributed by atoms with Crippen LogP contribution in [-0.4, -0.2) is 40.3 Å². The number of hydrogen-bond acceptors (Lipinski definition) is 7. The normalized spacial score (nSPS) is 11.2. The van der Waals surface area contributed by atoms with Crippen molar-refractivity contribution in [1.82, 2.24) is 24.7 Å². The van der Waals surface area contributed by atoms with Gasteiger partial charge in [-0.2, -0.15) is 5.10 Å². The van der Waals surface area contributed by atoms with Gasteiger partial charge in [0.05, 0.1) is 12.0 Å². The fourth-order valence-electron chi connectivity index (χ4n) is 1.87. The van der Waals surface area contributed by atoms with Crippen molar-refractivity contribution in [3.05, 3.63) is 49.1 Å². The molecule has 0 fully saturated rings. The Morgan fingerprint density at radius 2 is 2.04 bits per heavy atom. The van der Waals surface area contributed by atoms with Crippen LogP contribution in [0.25, 0.3) is 5.82 Å². The molecule has 3 aromatic rings. The van der Waals surface area contributed by atoms with Crippen LogP contribution in [0.1, 0.15) is 0 Å². The van der Waals surface area contributed by atoms with Gasteiger partial charge in [-0.1, -0.05) is 0 Å². The Bertz CT molecular complexity index is 962. The molecular formula is C13H11FN6O3S. The standard InChI is InChI=1S/C13H11FN6O3S/c1-23-11-3-2-9(4-10(11)14)24(21,22)19-12-5-13(17-7-16-12)20-8-15-6-18-20/h2-8H,1H3,(H,16,17,19). The Hall–Kier alpha value is -3.08. The fourth-order valence-corrected chi connectivity index (χ4v) is 2.88. The van der Waals surface area contributed by atoms with E-state index in [1.54, 1.807) is 0 Å². The molecule has 0 atom stereocenters. The van der Waals surface area contributed by atoms with Crippen LogP contribution in [0.2, 0.25) is 0 Å². The van der Waals surface area contributed by atoms with Crippen LogP contribution in [0, 0.1) is 5.82 Å². The highest BCUT2D eigenvalue weighted by atomic mass is 32.2. The van der Waals surface area contributed by atoms with Gasteiger partial charge in [-0.05, 0) is 18.2 Å². The predicted octanol–water partition coefficient (Wildman–Crippen LogP) is 1.01. The third-order valence-electron chi connectivity index (χ3n) is 2.98. The number of nitrogens with zero attached hydrogens (tertiary/aromatic N) is 5. The van der Waals surface area contributed by atoms with E-state index in [-0.39, 0.29) is 16.5 Å². The quantitative estimate of drug-likeness (QED) is 0.730. The zero-order chi connectivity index (χ0) is 17.2. The van der Waals surface area contributed by atoms with E-state index < -0.39 is 15.8 Å². The lowest BCUT2D eigenvalue weighted by Gasteiger charge is -2.09. The van der Waals surface area contributed by atoms with Crippen LogP contribution < -0.4 is 9.46 Å². The van der Waals surface area contributed by atoms with Crippen LogP contribution >= 0.6 is 0 Å². The van der Waals surface area contributed by atoms with E-state index in [0.717, 1.165) is 6.07 Å². The van der Waals surface area contributed by atoms with Crippen molar-refractivity contribution < 1.29 is 17.5 Å². The number of benzene rings is 1. The van der Waals surface area contributed by atoms with Crippen LogP contribution in [0.3, 0.4) is 0 Å². The first-order chi connectivity index (χ1) is 11.5. The Labute approximate surface area is 136 Å². The van der Waals surface area contributed by atoms with E-state index in [1.807, 2.05) is 0 Å². The zero-order valence-corrected chi connectivity index (χ0v) is 13.1. The molecule has 0 saturated heterocycles. The summed E-state index contributed by atoms with van der Waals surface area (Å²) in [4.78, 5) is 11.3. The van der Waals surface area contributed by atoms with Crippen LogP contribution in [0.4, 0.5) is 10.2 Å². The third kappa shape index (κ3) is 3.15. The second kappa shape index (κ2) is 6.20. The van der Waals surface area contributed by atoms with Gasteiger partial charge in [0.1, 0.15) is 24.8 Å². The van der Waals surface area contributed by atoms with Crippen molar-refractivity contribution in [3.63, 3.8) is 0 Å². The minimum atomic E-state index is -4.03. The molecule has 0 spiro atoms. The molecule has 0 saturated carbocycles. The van der Waals surface area contributed by atoms with Gasteiger partial charge < -0.3 is 4.74 Å². The first-order valence-electron chi connectivity index (χ1n) is 6.53. The molecule has 9 nitrogen and oxygen atoms in total. The topological polar surface area (TPSA) is 112 Å². The molecule has 0 aliphatic rings. The van der Waals surface area contributed by atoms with E-state index in [1.165, 1.54) is 49.0 Å². The number of anilines is 1. The molecule has 0 aliphatic carbocycles. The molecule has 124 valence electrons. The summed E-state index contributed by atoms with van der Waals surface area (Å²) in [6.07, 6.45) is 3.88. The summed E-state index contributed by atoms with van der Waals surface area (Å²) in [5, 5.41) is 3.89. The Balaban J connectivity index is 1.90. The maximum absolute atomic E-state index is 13.7. The molecule has 2 aromatic heterocycles. The summed E-state index contributed by atoms with van der Waals surface area (Å²) in [6, 6.07) is 4.68. The zero-order valence-electron chi connectivity index (χ0n) is 12.3. The van der Waals surface area contributed by atoms with E-state index in [9.17, 15) is 12.8 Å². The number of hydrogen-bond donors (Lipinski definition) is 1. The minimum Gasteiger partial charge on any atom is -0.494 e. The van der Waals surface area contributed by atoms with Crippen LogP contribution in [0.5, 0.6) is 5.75 Å². The smallest absolute Gasteiger partial charge is 0.263 e. The largest absolute Gasteiger partial charge is 0.494 e. The van der Waals surface area contributed by atoms with E-state index in [4.69, 9.17) is 4.74 Å². The minimum absolute atomic E-state index is 0.00623. The summed E-state index contributed by atoms with van der Waals surface area (Å²) in [7, 11) is -2.74. The van der Waals surface area contributed by atoms with E-state index in [0.29, 0.717) is 5.82 Å².